The van der Waals surface area contributed by atoms with E-state index in [1.54, 1.807) is 0 Å². The van der Waals surface area contributed by atoms with Gasteiger partial charge in [0.05, 0.1) is 0 Å². The molecule has 0 atom stereocenters. The van der Waals surface area contributed by atoms with E-state index in [2.05, 4.69) is 24.3 Å². The van der Waals surface area contributed by atoms with Crippen molar-refractivity contribution < 1.29 is 0 Å². The lowest BCUT2D eigenvalue weighted by Gasteiger charge is -1.87. The lowest BCUT2D eigenvalue weighted by atomic mass is 10.3. The molecule has 0 amide bonds. The van der Waals surface area contributed by atoms with Crippen LogP contribution in [-0.2, 0) is 0 Å². The molecular weight excluding hydrogens is 187 g/mol. The van der Waals surface area contributed by atoms with Crippen molar-refractivity contribution >= 4 is 36.6 Å². The second kappa shape index (κ2) is 4.12. The largest absolute Gasteiger partial charge is 0.147 e. The van der Waals surface area contributed by atoms with Gasteiger partial charge in [0, 0.05) is 10.7 Å². The van der Waals surface area contributed by atoms with Gasteiger partial charge in [0.1, 0.15) is 0 Å². The molecule has 0 saturated heterocycles. The van der Waals surface area contributed by atoms with E-state index in [9.17, 15) is 0 Å². The first-order valence-corrected chi connectivity index (χ1v) is 3.67. The smallest absolute Gasteiger partial charge is 0.0170 e. The third-order valence-corrected chi connectivity index (χ3v) is 2.37. The molecule has 56 valence electrons. The summed E-state index contributed by atoms with van der Waals surface area (Å²) in [5, 5.41) is 0. The molecule has 1 aliphatic carbocycles. The average molecular weight is 195 g/mol. The van der Waals surface area contributed by atoms with Gasteiger partial charge < -0.3 is 0 Å². The molecule has 0 aromatic heterocycles. The van der Waals surface area contributed by atoms with Crippen molar-refractivity contribution in [2.75, 3.05) is 5.75 Å². The summed E-state index contributed by atoms with van der Waals surface area (Å²) in [6.07, 6.45) is 8.70. The van der Waals surface area contributed by atoms with E-state index >= 15 is 0 Å². The first kappa shape index (κ1) is 10.2. The van der Waals surface area contributed by atoms with Crippen LogP contribution < -0.4 is 0 Å². The summed E-state index contributed by atoms with van der Waals surface area (Å²) in [6.45, 7) is 0. The van der Waals surface area contributed by atoms with Crippen molar-refractivity contribution in [1.82, 2.24) is 0 Å². The van der Waals surface area contributed by atoms with E-state index in [0.717, 1.165) is 0 Å². The van der Waals surface area contributed by atoms with E-state index in [1.165, 1.54) is 16.2 Å². The molecule has 1 heterocycles. The second-order valence-electron chi connectivity index (χ2n) is 1.86. The predicted molar refractivity (Wildman–Crippen MR) is 52.3 cm³/mol. The number of hydrogen-bond donors (Lipinski definition) is 0. The number of thioether (sulfide) groups is 1. The first-order valence-electron chi connectivity index (χ1n) is 2.68. The summed E-state index contributed by atoms with van der Waals surface area (Å²) in [5.74, 6) is 1.17. The Balaban J connectivity index is 0.000000405. The molecule has 1 aliphatic heterocycles. The van der Waals surface area contributed by atoms with Gasteiger partial charge in [-0.3, -0.25) is 0 Å². The lowest BCUT2D eigenvalue weighted by Crippen LogP contribution is -1.63. The molecular formula is C7H8Cl2S. The Bertz CT molecular complexity index is 204. The minimum atomic E-state index is 0. The normalized spacial score (nSPS) is 18.4. The SMILES string of the molecule is C1=CC2=CCSC2=C1.Cl.Cl. The van der Waals surface area contributed by atoms with Crippen LogP contribution in [0.4, 0.5) is 0 Å². The van der Waals surface area contributed by atoms with Crippen LogP contribution in [0.5, 0.6) is 0 Å². The van der Waals surface area contributed by atoms with Gasteiger partial charge in [-0.1, -0.05) is 18.2 Å². The van der Waals surface area contributed by atoms with Crippen molar-refractivity contribution in [3.63, 3.8) is 0 Å². The van der Waals surface area contributed by atoms with E-state index in [4.69, 9.17) is 0 Å². The monoisotopic (exact) mass is 194 g/mol. The maximum absolute atomic E-state index is 2.26. The molecule has 0 aromatic rings. The zero-order chi connectivity index (χ0) is 5.40. The summed E-state index contributed by atoms with van der Waals surface area (Å²) in [4.78, 5) is 1.45. The van der Waals surface area contributed by atoms with Crippen LogP contribution in [0.1, 0.15) is 0 Å². The van der Waals surface area contributed by atoms with Gasteiger partial charge in [-0.15, -0.1) is 36.6 Å². The maximum Gasteiger partial charge on any atom is 0.0170 e. The number of hydrogen-bond acceptors (Lipinski definition) is 1. The predicted octanol–water partition coefficient (Wildman–Crippen LogP) is 2.96. The summed E-state index contributed by atoms with van der Waals surface area (Å²) < 4.78 is 0. The Labute approximate surface area is 77.3 Å². The number of allylic oxidation sites excluding steroid dienone is 4. The van der Waals surface area contributed by atoms with Crippen LogP contribution in [0.25, 0.3) is 0 Å². The van der Waals surface area contributed by atoms with Crippen molar-refractivity contribution in [3.8, 4) is 0 Å². The Kier molecular flexibility index (Phi) is 4.18. The highest BCUT2D eigenvalue weighted by atomic mass is 35.5. The van der Waals surface area contributed by atoms with Crippen LogP contribution in [0.3, 0.4) is 0 Å². The van der Waals surface area contributed by atoms with Gasteiger partial charge >= 0.3 is 0 Å². The molecule has 0 aromatic carbocycles. The molecule has 0 fully saturated rings. The number of rotatable bonds is 0. The van der Waals surface area contributed by atoms with Crippen LogP contribution in [-0.4, -0.2) is 5.75 Å². The fourth-order valence-corrected chi connectivity index (χ4v) is 1.87. The molecule has 3 heteroatoms. The Hall–Kier alpha value is 0.150. The second-order valence-corrected chi connectivity index (χ2v) is 2.92. The zero-order valence-corrected chi connectivity index (χ0v) is 7.69. The summed E-state index contributed by atoms with van der Waals surface area (Å²) in [6, 6.07) is 0. The Morgan fingerprint density at radius 2 is 2.10 bits per heavy atom. The quantitative estimate of drug-likeness (QED) is 0.572. The fourth-order valence-electron chi connectivity index (χ4n) is 0.939. The highest BCUT2D eigenvalue weighted by molar-refractivity contribution is 8.03. The molecule has 10 heavy (non-hydrogen) atoms. The van der Waals surface area contributed by atoms with E-state index in [0.29, 0.717) is 0 Å². The van der Waals surface area contributed by atoms with Gasteiger partial charge in [0.2, 0.25) is 0 Å². The van der Waals surface area contributed by atoms with E-state index in [1.807, 2.05) is 11.8 Å². The topological polar surface area (TPSA) is 0 Å². The molecule has 0 nitrogen and oxygen atoms in total. The highest BCUT2D eigenvalue weighted by Crippen LogP contribution is 2.34. The van der Waals surface area contributed by atoms with E-state index < -0.39 is 0 Å². The third kappa shape index (κ3) is 1.60. The van der Waals surface area contributed by atoms with Crippen LogP contribution in [0, 0.1) is 0 Å². The standard InChI is InChI=1S/C7H6S.2ClH/c1-2-6-4-5-8-7(6)3-1;;/h1-4H,5H2;2*1H. The molecule has 2 aliphatic rings. The zero-order valence-electron chi connectivity index (χ0n) is 5.24. The van der Waals surface area contributed by atoms with Gasteiger partial charge in [-0.05, 0) is 11.6 Å². The van der Waals surface area contributed by atoms with E-state index in [-0.39, 0.29) is 24.8 Å². The maximum atomic E-state index is 2.26. The average Bonchev–Trinajstić information content (AvgIpc) is 2.15. The number of fused-ring (bicyclic) bond motifs is 1. The molecule has 0 unspecified atom stereocenters. The Morgan fingerprint density at radius 1 is 1.30 bits per heavy atom. The van der Waals surface area contributed by atoms with Gasteiger partial charge in [0.15, 0.2) is 0 Å². The molecule has 0 saturated carbocycles. The summed E-state index contributed by atoms with van der Waals surface area (Å²) in [5.41, 5.74) is 1.43. The molecule has 0 bridgehead atoms. The minimum absolute atomic E-state index is 0. The molecule has 0 spiro atoms. The van der Waals surface area contributed by atoms with Gasteiger partial charge in [-0.25, -0.2) is 0 Å². The van der Waals surface area contributed by atoms with Crippen molar-refractivity contribution in [2.24, 2.45) is 0 Å². The fraction of sp³-hybridized carbons (Fsp3) is 0.143. The van der Waals surface area contributed by atoms with Crippen LogP contribution in [0.15, 0.2) is 34.8 Å². The lowest BCUT2D eigenvalue weighted by molar-refractivity contribution is 1.70. The highest BCUT2D eigenvalue weighted by Gasteiger charge is 2.10. The molecule has 0 N–H and O–H groups in total. The molecule has 0 radical (unpaired) electrons. The van der Waals surface area contributed by atoms with Crippen LogP contribution in [0.2, 0.25) is 0 Å². The first-order chi connectivity index (χ1) is 3.97. The summed E-state index contributed by atoms with van der Waals surface area (Å²) >= 11 is 1.92. The minimum Gasteiger partial charge on any atom is -0.147 e. The summed E-state index contributed by atoms with van der Waals surface area (Å²) in [7, 11) is 0. The number of halogens is 2. The van der Waals surface area contributed by atoms with Gasteiger partial charge in [0.25, 0.3) is 0 Å². The van der Waals surface area contributed by atoms with Crippen molar-refractivity contribution in [2.45, 2.75) is 0 Å². The third-order valence-electron chi connectivity index (χ3n) is 1.35. The Morgan fingerprint density at radius 3 is 2.80 bits per heavy atom. The van der Waals surface area contributed by atoms with Gasteiger partial charge in [-0.2, -0.15) is 0 Å². The van der Waals surface area contributed by atoms with Crippen molar-refractivity contribution in [3.05, 3.63) is 34.8 Å². The van der Waals surface area contributed by atoms with Crippen molar-refractivity contribution in [1.29, 1.82) is 0 Å². The van der Waals surface area contributed by atoms with Crippen LogP contribution >= 0.6 is 36.6 Å². The molecule has 2 rings (SSSR count).